The number of sulfonamides is 1. The number of halogens is 2. The zero-order chi connectivity index (χ0) is 37.0. The molecular weight excluding hydrogens is 709 g/mol. The Morgan fingerprint density at radius 3 is 2.48 bits per heavy atom. The number of benzene rings is 1. The average Bonchev–Trinajstić information content (AvgIpc) is 3.56. The van der Waals surface area contributed by atoms with Gasteiger partial charge in [0.05, 0.1) is 15.3 Å². The molecule has 276 valence electrons. The van der Waals surface area contributed by atoms with E-state index in [2.05, 4.69) is 20.7 Å². The quantitative estimate of drug-likeness (QED) is 0.299. The molecule has 6 atom stereocenters. The lowest BCUT2D eigenvalue weighted by atomic mass is 10.0. The van der Waals surface area contributed by atoms with Crippen molar-refractivity contribution in [3.05, 3.63) is 46.0 Å². The third kappa shape index (κ3) is 9.70. The number of allylic oxidation sites excluding steroid dienone is 1. The van der Waals surface area contributed by atoms with Crippen LogP contribution in [0.15, 0.2) is 30.4 Å². The van der Waals surface area contributed by atoms with Gasteiger partial charge in [-0.2, -0.15) is 0 Å². The van der Waals surface area contributed by atoms with Crippen LogP contribution in [0.1, 0.15) is 96.3 Å². The topological polar surface area (TPSA) is 180 Å². The summed E-state index contributed by atoms with van der Waals surface area (Å²) >= 11 is 12.1. The zero-order valence-electron chi connectivity index (χ0n) is 29.0. The van der Waals surface area contributed by atoms with Crippen molar-refractivity contribution >= 4 is 62.9 Å². The lowest BCUT2D eigenvalue weighted by Gasteiger charge is -2.30. The number of amides is 5. The summed E-state index contributed by atoms with van der Waals surface area (Å²) in [6.07, 6.45) is 6.38. The van der Waals surface area contributed by atoms with Crippen LogP contribution in [0, 0.1) is 5.92 Å². The monoisotopic (exact) mass is 755 g/mol. The lowest BCUT2D eigenvalue weighted by molar-refractivity contribution is -0.141. The van der Waals surface area contributed by atoms with E-state index in [0.717, 1.165) is 12.8 Å². The summed E-state index contributed by atoms with van der Waals surface area (Å²) in [4.78, 5) is 69.4. The molecular formula is C34H47Cl2N5O8S. The van der Waals surface area contributed by atoms with Crippen LogP contribution in [0.5, 0.6) is 0 Å². The minimum Gasteiger partial charge on any atom is -0.444 e. The normalized spacial score (nSPS) is 27.3. The van der Waals surface area contributed by atoms with Gasteiger partial charge >= 0.3 is 6.09 Å². The van der Waals surface area contributed by atoms with E-state index >= 15 is 0 Å². The number of rotatable bonds is 7. The van der Waals surface area contributed by atoms with Gasteiger partial charge in [0.25, 0.3) is 11.8 Å². The summed E-state index contributed by atoms with van der Waals surface area (Å²) in [5.74, 6) is -3.08. The SMILES string of the molecule is CCC(C)S(=O)(=O)NC(=O)[C@@]12C[C@H]1/C=C\CCCCC[C@H](NC(=O)OC(C)(C)C)C(=O)N1C[C@H](NC(=O)c3ccc(Cl)c(Cl)c3)C[C@H]1C(=O)N2. The van der Waals surface area contributed by atoms with Gasteiger partial charge in [0.1, 0.15) is 23.2 Å². The molecule has 2 heterocycles. The number of carbonyl (C=O) groups excluding carboxylic acids is 5. The van der Waals surface area contributed by atoms with Gasteiger partial charge in [-0.05, 0) is 84.4 Å². The largest absolute Gasteiger partial charge is 0.444 e. The molecule has 5 amide bonds. The summed E-state index contributed by atoms with van der Waals surface area (Å²) in [5, 5.41) is 7.94. The van der Waals surface area contributed by atoms with Crippen LogP contribution < -0.4 is 20.7 Å². The Kier molecular flexibility index (Phi) is 12.5. The predicted molar refractivity (Wildman–Crippen MR) is 189 cm³/mol. The van der Waals surface area contributed by atoms with E-state index in [0.29, 0.717) is 12.8 Å². The summed E-state index contributed by atoms with van der Waals surface area (Å²) in [7, 11) is -4.02. The molecule has 4 N–H and O–H groups in total. The molecule has 16 heteroatoms. The van der Waals surface area contributed by atoms with E-state index in [1.807, 2.05) is 12.2 Å². The number of hydrogen-bond acceptors (Lipinski definition) is 8. The van der Waals surface area contributed by atoms with Crippen molar-refractivity contribution in [2.24, 2.45) is 5.92 Å². The Morgan fingerprint density at radius 2 is 1.82 bits per heavy atom. The first-order valence-electron chi connectivity index (χ1n) is 17.0. The van der Waals surface area contributed by atoms with Gasteiger partial charge in [-0.15, -0.1) is 0 Å². The Morgan fingerprint density at radius 1 is 1.10 bits per heavy atom. The Hall–Kier alpha value is -3.36. The summed E-state index contributed by atoms with van der Waals surface area (Å²) in [5.41, 5.74) is -2.17. The smallest absolute Gasteiger partial charge is 0.408 e. The van der Waals surface area contributed by atoms with E-state index < -0.39 is 80.2 Å². The van der Waals surface area contributed by atoms with Crippen LogP contribution in [0.2, 0.25) is 10.0 Å². The van der Waals surface area contributed by atoms with Gasteiger partial charge < -0.3 is 25.6 Å². The minimum atomic E-state index is -4.02. The highest BCUT2D eigenvalue weighted by Crippen LogP contribution is 2.45. The molecule has 1 saturated heterocycles. The number of nitrogens with one attached hydrogen (secondary N) is 4. The average molecular weight is 757 g/mol. The van der Waals surface area contributed by atoms with E-state index in [1.165, 1.54) is 30.0 Å². The van der Waals surface area contributed by atoms with Crippen LogP contribution in [0.3, 0.4) is 0 Å². The maximum atomic E-state index is 14.3. The van der Waals surface area contributed by atoms with E-state index in [-0.39, 0.29) is 47.8 Å². The Labute approximate surface area is 303 Å². The molecule has 2 aliphatic heterocycles. The van der Waals surface area contributed by atoms with E-state index in [9.17, 15) is 32.4 Å². The van der Waals surface area contributed by atoms with Crippen LogP contribution in [0.4, 0.5) is 4.79 Å². The van der Waals surface area contributed by atoms with Crippen molar-refractivity contribution in [3.8, 4) is 0 Å². The zero-order valence-corrected chi connectivity index (χ0v) is 31.3. The highest BCUT2D eigenvalue weighted by atomic mass is 35.5. The maximum Gasteiger partial charge on any atom is 0.408 e. The molecule has 0 radical (unpaired) electrons. The fraction of sp³-hybridized carbons (Fsp3) is 0.618. The van der Waals surface area contributed by atoms with Crippen molar-refractivity contribution in [2.75, 3.05) is 6.54 Å². The number of nitrogens with zero attached hydrogens (tertiary/aromatic N) is 1. The molecule has 0 spiro atoms. The van der Waals surface area contributed by atoms with Gasteiger partial charge in [0, 0.05) is 24.1 Å². The predicted octanol–water partition coefficient (Wildman–Crippen LogP) is 4.23. The molecule has 50 heavy (non-hydrogen) atoms. The van der Waals surface area contributed by atoms with E-state index in [1.54, 1.807) is 27.7 Å². The van der Waals surface area contributed by atoms with Crippen LogP contribution in [-0.2, 0) is 29.1 Å². The van der Waals surface area contributed by atoms with Gasteiger partial charge in [0.2, 0.25) is 21.8 Å². The molecule has 3 aliphatic rings. The molecule has 1 aromatic carbocycles. The molecule has 2 fully saturated rings. The second kappa shape index (κ2) is 15.9. The van der Waals surface area contributed by atoms with E-state index in [4.69, 9.17) is 27.9 Å². The fourth-order valence-electron chi connectivity index (χ4n) is 6.12. The minimum absolute atomic E-state index is 0.0207. The van der Waals surface area contributed by atoms with Crippen LogP contribution in [0.25, 0.3) is 0 Å². The molecule has 0 bridgehead atoms. The third-order valence-electron chi connectivity index (χ3n) is 9.23. The van der Waals surface area contributed by atoms with Gasteiger partial charge in [-0.3, -0.25) is 23.9 Å². The first-order valence-corrected chi connectivity index (χ1v) is 19.3. The van der Waals surface area contributed by atoms with Crippen molar-refractivity contribution < 1.29 is 37.1 Å². The number of carbonyl (C=O) groups is 5. The van der Waals surface area contributed by atoms with Gasteiger partial charge in [-0.25, -0.2) is 13.2 Å². The standard InChI is InChI=1S/C34H47Cl2N5O8S/c1-6-20(2)50(47,48)40-31(45)34-18-22(34)12-10-8-7-9-11-13-26(38-32(46)49-33(3,4)5)30(44)41-19-23(17-27(41)29(43)39-34)37-28(42)21-14-15-24(35)25(36)16-21/h10,12,14-16,20,22-23,26-27H,6-9,11,13,17-19H2,1-5H3,(H,37,42)(H,38,46)(H,39,43)(H,40,45)/b12-10-/t20?,22-,23-,26+,27+,34-/m1/s1. The number of fused-ring (bicyclic) bond motifs is 2. The van der Waals surface area contributed by atoms with Crippen molar-refractivity contribution in [2.45, 2.75) is 121 Å². The first kappa shape index (κ1) is 39.4. The summed E-state index contributed by atoms with van der Waals surface area (Å²) in [6, 6.07) is 1.46. The number of ether oxygens (including phenoxy) is 1. The maximum absolute atomic E-state index is 14.3. The van der Waals surface area contributed by atoms with Gasteiger partial charge in [0.15, 0.2) is 0 Å². The molecule has 1 saturated carbocycles. The van der Waals surface area contributed by atoms with Gasteiger partial charge in [-0.1, -0.05) is 55.1 Å². The molecule has 13 nitrogen and oxygen atoms in total. The Balaban J connectivity index is 1.66. The van der Waals surface area contributed by atoms with Crippen molar-refractivity contribution in [1.82, 2.24) is 25.6 Å². The number of hydrogen-bond donors (Lipinski definition) is 4. The van der Waals surface area contributed by atoms with Crippen molar-refractivity contribution in [1.29, 1.82) is 0 Å². The molecule has 1 aromatic rings. The summed E-state index contributed by atoms with van der Waals surface area (Å²) < 4.78 is 33.4. The van der Waals surface area contributed by atoms with Crippen LogP contribution >= 0.6 is 23.2 Å². The third-order valence-corrected chi connectivity index (χ3v) is 11.8. The van der Waals surface area contributed by atoms with Crippen molar-refractivity contribution in [3.63, 3.8) is 0 Å². The highest BCUT2D eigenvalue weighted by Gasteiger charge is 2.61. The fourth-order valence-corrected chi connectivity index (χ4v) is 7.50. The highest BCUT2D eigenvalue weighted by molar-refractivity contribution is 7.90. The van der Waals surface area contributed by atoms with Crippen LogP contribution in [-0.4, -0.2) is 84.1 Å². The summed E-state index contributed by atoms with van der Waals surface area (Å²) in [6.45, 7) is 8.20. The molecule has 4 rings (SSSR count). The molecule has 1 aliphatic carbocycles. The second-order valence-corrected chi connectivity index (χ2v) is 17.2. The number of alkyl carbamates (subject to hydrolysis) is 1. The lowest BCUT2D eigenvalue weighted by Crippen LogP contribution is -2.58. The second-order valence-electron chi connectivity index (χ2n) is 14.3. The molecule has 0 aromatic heterocycles. The first-order chi connectivity index (χ1) is 23.4. The molecule has 1 unspecified atom stereocenters. The Bertz CT molecular complexity index is 1630.